The zero-order chi connectivity index (χ0) is 14.4. The van der Waals surface area contributed by atoms with Gasteiger partial charge < -0.3 is 10.6 Å². The molecule has 0 aliphatic rings. The summed E-state index contributed by atoms with van der Waals surface area (Å²) in [5.41, 5.74) is 6.89. The zero-order valence-electron chi connectivity index (χ0n) is 12.4. The van der Waals surface area contributed by atoms with E-state index < -0.39 is 0 Å². The Morgan fingerprint density at radius 2 is 2.11 bits per heavy atom. The van der Waals surface area contributed by atoms with Crippen LogP contribution in [-0.4, -0.2) is 28.4 Å². The van der Waals surface area contributed by atoms with Gasteiger partial charge in [0.05, 0.1) is 0 Å². The highest BCUT2D eigenvalue weighted by Crippen LogP contribution is 2.16. The van der Waals surface area contributed by atoms with Crippen molar-refractivity contribution in [3.8, 4) is 0 Å². The molecule has 0 bridgehead atoms. The van der Waals surface area contributed by atoms with E-state index in [1.807, 2.05) is 6.92 Å². The number of hydrogen-bond acceptors (Lipinski definition) is 4. The van der Waals surface area contributed by atoms with Crippen molar-refractivity contribution < 1.29 is 0 Å². The fourth-order valence-electron chi connectivity index (χ4n) is 1.89. The lowest BCUT2D eigenvalue weighted by Gasteiger charge is -2.29. The van der Waals surface area contributed by atoms with E-state index in [9.17, 15) is 0 Å². The SMILES string of the molecule is CCCCN(c1nc(C)cc(C(=N)N)n1)C(C)CC. The molecule has 1 aromatic heterocycles. The maximum atomic E-state index is 7.53. The molecule has 0 amide bonds. The minimum atomic E-state index is -0.00802. The van der Waals surface area contributed by atoms with Gasteiger partial charge in [-0.25, -0.2) is 9.97 Å². The lowest BCUT2D eigenvalue weighted by atomic mass is 10.2. The van der Waals surface area contributed by atoms with Gasteiger partial charge in [0, 0.05) is 18.3 Å². The van der Waals surface area contributed by atoms with Crippen LogP contribution in [0.4, 0.5) is 5.95 Å². The fraction of sp³-hybridized carbons (Fsp3) is 0.643. The molecule has 0 saturated heterocycles. The number of nitrogens with zero attached hydrogens (tertiary/aromatic N) is 3. The van der Waals surface area contributed by atoms with E-state index >= 15 is 0 Å². The number of aromatic nitrogens is 2. The van der Waals surface area contributed by atoms with Crippen molar-refractivity contribution >= 4 is 11.8 Å². The maximum Gasteiger partial charge on any atom is 0.226 e. The van der Waals surface area contributed by atoms with Crippen molar-refractivity contribution in [3.63, 3.8) is 0 Å². The molecule has 0 saturated carbocycles. The van der Waals surface area contributed by atoms with Crippen molar-refractivity contribution in [3.05, 3.63) is 17.5 Å². The molecule has 0 fully saturated rings. The van der Waals surface area contributed by atoms with E-state index in [1.165, 1.54) is 0 Å². The second kappa shape index (κ2) is 7.07. The predicted octanol–water partition coefficient (Wildman–Crippen LogP) is 2.47. The Kier molecular flexibility index (Phi) is 5.73. The summed E-state index contributed by atoms with van der Waals surface area (Å²) in [6.07, 6.45) is 3.28. The Labute approximate surface area is 115 Å². The van der Waals surface area contributed by atoms with Crippen LogP contribution in [0.1, 0.15) is 51.4 Å². The van der Waals surface area contributed by atoms with Crippen LogP contribution >= 0.6 is 0 Å². The van der Waals surface area contributed by atoms with Gasteiger partial charge in [-0.15, -0.1) is 0 Å². The molecule has 1 rings (SSSR count). The Bertz CT molecular complexity index is 430. The highest BCUT2D eigenvalue weighted by atomic mass is 15.3. The Balaban J connectivity index is 3.10. The number of nitrogens with one attached hydrogen (secondary N) is 1. The van der Waals surface area contributed by atoms with Crippen molar-refractivity contribution in [1.82, 2.24) is 9.97 Å². The van der Waals surface area contributed by atoms with Crippen LogP contribution in [0.25, 0.3) is 0 Å². The monoisotopic (exact) mass is 263 g/mol. The lowest BCUT2D eigenvalue weighted by Crippen LogP contribution is -2.35. The van der Waals surface area contributed by atoms with Crippen molar-refractivity contribution in [2.75, 3.05) is 11.4 Å². The normalized spacial score (nSPS) is 12.2. The number of rotatable bonds is 7. The van der Waals surface area contributed by atoms with Gasteiger partial charge in [0.15, 0.2) is 0 Å². The summed E-state index contributed by atoms with van der Waals surface area (Å²) in [4.78, 5) is 11.1. The van der Waals surface area contributed by atoms with Gasteiger partial charge in [-0.3, -0.25) is 5.41 Å². The third kappa shape index (κ3) is 4.19. The molecule has 106 valence electrons. The molecule has 0 aromatic carbocycles. The van der Waals surface area contributed by atoms with Crippen LogP contribution in [0, 0.1) is 12.3 Å². The van der Waals surface area contributed by atoms with E-state index in [0.29, 0.717) is 17.7 Å². The Morgan fingerprint density at radius 3 is 2.63 bits per heavy atom. The van der Waals surface area contributed by atoms with Gasteiger partial charge in [0.1, 0.15) is 11.5 Å². The number of nitrogens with two attached hydrogens (primary N) is 1. The minimum absolute atomic E-state index is 0.00802. The fourth-order valence-corrected chi connectivity index (χ4v) is 1.89. The molecule has 1 atom stereocenters. The third-order valence-electron chi connectivity index (χ3n) is 3.25. The van der Waals surface area contributed by atoms with Crippen molar-refractivity contribution in [1.29, 1.82) is 5.41 Å². The van der Waals surface area contributed by atoms with Crippen LogP contribution in [-0.2, 0) is 0 Å². The molecule has 5 heteroatoms. The average molecular weight is 263 g/mol. The predicted molar refractivity (Wildman–Crippen MR) is 79.8 cm³/mol. The average Bonchev–Trinajstić information content (AvgIpc) is 2.38. The van der Waals surface area contributed by atoms with Crippen LogP contribution < -0.4 is 10.6 Å². The number of unbranched alkanes of at least 4 members (excludes halogenated alkanes) is 1. The summed E-state index contributed by atoms with van der Waals surface area (Å²) < 4.78 is 0. The number of aryl methyl sites for hydroxylation is 1. The molecule has 19 heavy (non-hydrogen) atoms. The molecule has 3 N–H and O–H groups in total. The summed E-state index contributed by atoms with van der Waals surface area (Å²) in [6, 6.07) is 2.13. The number of nitrogen functional groups attached to an aromatic ring is 1. The third-order valence-corrected chi connectivity index (χ3v) is 3.25. The summed E-state index contributed by atoms with van der Waals surface area (Å²) in [7, 11) is 0. The van der Waals surface area contributed by atoms with E-state index in [2.05, 4.69) is 35.6 Å². The van der Waals surface area contributed by atoms with E-state index in [-0.39, 0.29) is 5.84 Å². The number of amidine groups is 1. The number of hydrogen-bond donors (Lipinski definition) is 2. The molecular formula is C14H25N5. The zero-order valence-corrected chi connectivity index (χ0v) is 12.4. The van der Waals surface area contributed by atoms with E-state index in [4.69, 9.17) is 11.1 Å². The summed E-state index contributed by atoms with van der Waals surface area (Å²) in [5.74, 6) is 0.680. The van der Waals surface area contributed by atoms with Crippen LogP contribution in [0.2, 0.25) is 0 Å². The van der Waals surface area contributed by atoms with Gasteiger partial charge in [0.2, 0.25) is 5.95 Å². The van der Waals surface area contributed by atoms with Gasteiger partial charge in [-0.05, 0) is 32.8 Å². The minimum Gasteiger partial charge on any atom is -0.382 e. The second-order valence-corrected chi connectivity index (χ2v) is 4.91. The quantitative estimate of drug-likeness (QED) is 0.585. The van der Waals surface area contributed by atoms with Crippen LogP contribution in [0.5, 0.6) is 0 Å². The molecule has 5 nitrogen and oxygen atoms in total. The first-order valence-electron chi connectivity index (χ1n) is 6.96. The molecule has 1 heterocycles. The highest BCUT2D eigenvalue weighted by molar-refractivity contribution is 5.93. The second-order valence-electron chi connectivity index (χ2n) is 4.91. The molecule has 0 radical (unpaired) electrons. The first-order chi connectivity index (χ1) is 8.99. The van der Waals surface area contributed by atoms with Gasteiger partial charge in [-0.2, -0.15) is 0 Å². The number of anilines is 1. The first kappa shape index (κ1) is 15.4. The topological polar surface area (TPSA) is 78.9 Å². The molecule has 1 unspecified atom stereocenters. The smallest absolute Gasteiger partial charge is 0.226 e. The van der Waals surface area contributed by atoms with Crippen molar-refractivity contribution in [2.45, 2.75) is 53.0 Å². The van der Waals surface area contributed by atoms with E-state index in [1.54, 1.807) is 6.07 Å². The van der Waals surface area contributed by atoms with Gasteiger partial charge in [0.25, 0.3) is 0 Å². The summed E-state index contributed by atoms with van der Waals surface area (Å²) in [5, 5.41) is 7.53. The van der Waals surface area contributed by atoms with Gasteiger partial charge >= 0.3 is 0 Å². The molecule has 0 aliphatic heterocycles. The molecule has 0 spiro atoms. The lowest BCUT2D eigenvalue weighted by molar-refractivity contribution is 0.581. The van der Waals surface area contributed by atoms with Crippen LogP contribution in [0.15, 0.2) is 6.07 Å². The Morgan fingerprint density at radius 1 is 1.42 bits per heavy atom. The maximum absolute atomic E-state index is 7.53. The summed E-state index contributed by atoms with van der Waals surface area (Å²) in [6.45, 7) is 9.35. The van der Waals surface area contributed by atoms with Gasteiger partial charge in [-0.1, -0.05) is 20.3 Å². The standard InChI is InChI=1S/C14H25N5/c1-5-7-8-19(11(4)6-2)14-17-10(3)9-12(18-14)13(15)16/h9,11H,5-8H2,1-4H3,(H3,15,16). The first-order valence-corrected chi connectivity index (χ1v) is 6.96. The molecular weight excluding hydrogens is 238 g/mol. The highest BCUT2D eigenvalue weighted by Gasteiger charge is 2.16. The molecule has 1 aromatic rings. The van der Waals surface area contributed by atoms with Crippen molar-refractivity contribution in [2.24, 2.45) is 5.73 Å². The van der Waals surface area contributed by atoms with Crippen LogP contribution in [0.3, 0.4) is 0 Å². The van der Waals surface area contributed by atoms with E-state index in [0.717, 1.165) is 31.5 Å². The molecule has 0 aliphatic carbocycles. The largest absolute Gasteiger partial charge is 0.382 e. The summed E-state index contributed by atoms with van der Waals surface area (Å²) >= 11 is 0. The Hall–Kier alpha value is -1.65.